The molecule has 0 nitrogen and oxygen atoms in total. The molecule has 0 spiro atoms. The minimum Gasteiger partial charge on any atom is -0.0999 e. The Bertz CT molecular complexity index is 114. The first-order chi connectivity index (χ1) is 4.16. The Labute approximate surface area is 65.8 Å². The van der Waals surface area contributed by atoms with E-state index in [1.54, 1.807) is 0 Å². The van der Waals surface area contributed by atoms with Gasteiger partial charge in [-0.25, -0.2) is 0 Å². The lowest BCUT2D eigenvalue weighted by atomic mass is 10.1. The standard InChI is InChI=1S/C8H13Br/c1-4-7(2)5-6-8(3)9/h2-6H2,1H3. The molecule has 0 saturated carbocycles. The topological polar surface area (TPSA) is 0 Å². The molecule has 9 heavy (non-hydrogen) atoms. The van der Waals surface area contributed by atoms with Crippen molar-refractivity contribution in [3.05, 3.63) is 23.2 Å². The van der Waals surface area contributed by atoms with Gasteiger partial charge in [0, 0.05) is 0 Å². The van der Waals surface area contributed by atoms with E-state index in [0.717, 1.165) is 23.7 Å². The monoisotopic (exact) mass is 188 g/mol. The van der Waals surface area contributed by atoms with Crippen molar-refractivity contribution in [1.82, 2.24) is 0 Å². The lowest BCUT2D eigenvalue weighted by Gasteiger charge is -1.98. The summed E-state index contributed by atoms with van der Waals surface area (Å²) in [6, 6.07) is 0. The van der Waals surface area contributed by atoms with Crippen LogP contribution in [0.15, 0.2) is 23.2 Å². The second-order valence-electron chi connectivity index (χ2n) is 2.12. The molecule has 0 aliphatic heterocycles. The van der Waals surface area contributed by atoms with Crippen molar-refractivity contribution >= 4 is 15.9 Å². The highest BCUT2D eigenvalue weighted by molar-refractivity contribution is 9.11. The second kappa shape index (κ2) is 4.80. The van der Waals surface area contributed by atoms with Gasteiger partial charge in [-0.15, -0.1) is 0 Å². The third-order valence-corrected chi connectivity index (χ3v) is 1.65. The third kappa shape index (κ3) is 5.84. The van der Waals surface area contributed by atoms with Gasteiger partial charge in [-0.1, -0.05) is 41.6 Å². The molecule has 0 N–H and O–H groups in total. The fourth-order valence-electron chi connectivity index (χ4n) is 0.489. The molecule has 0 heterocycles. The highest BCUT2D eigenvalue weighted by Crippen LogP contribution is 2.14. The van der Waals surface area contributed by atoms with E-state index in [1.807, 2.05) is 0 Å². The maximum atomic E-state index is 3.88. The summed E-state index contributed by atoms with van der Waals surface area (Å²) in [5.74, 6) is 0. The van der Waals surface area contributed by atoms with E-state index < -0.39 is 0 Å². The Kier molecular flexibility index (Phi) is 4.78. The zero-order chi connectivity index (χ0) is 7.28. The molecule has 0 saturated heterocycles. The molecule has 52 valence electrons. The Morgan fingerprint density at radius 2 is 1.89 bits per heavy atom. The predicted molar refractivity (Wildman–Crippen MR) is 46.7 cm³/mol. The van der Waals surface area contributed by atoms with Crippen LogP contribution in [0.4, 0.5) is 0 Å². The van der Waals surface area contributed by atoms with Gasteiger partial charge in [0.1, 0.15) is 0 Å². The van der Waals surface area contributed by atoms with Crippen molar-refractivity contribution < 1.29 is 0 Å². The Morgan fingerprint density at radius 3 is 2.22 bits per heavy atom. The number of allylic oxidation sites excluding steroid dienone is 2. The van der Waals surface area contributed by atoms with Crippen LogP contribution in [-0.2, 0) is 0 Å². The summed E-state index contributed by atoms with van der Waals surface area (Å²) in [5.41, 5.74) is 1.30. The van der Waals surface area contributed by atoms with E-state index in [9.17, 15) is 0 Å². The SMILES string of the molecule is C=C(Br)CCC(=C)CC. The summed E-state index contributed by atoms with van der Waals surface area (Å²) < 4.78 is 1.07. The number of rotatable bonds is 4. The van der Waals surface area contributed by atoms with Gasteiger partial charge >= 0.3 is 0 Å². The molecule has 0 fully saturated rings. The third-order valence-electron chi connectivity index (χ3n) is 1.25. The first kappa shape index (κ1) is 8.96. The van der Waals surface area contributed by atoms with Crippen molar-refractivity contribution in [1.29, 1.82) is 0 Å². The molecule has 0 aromatic rings. The molecule has 0 atom stereocenters. The van der Waals surface area contributed by atoms with Crippen LogP contribution >= 0.6 is 15.9 Å². The Morgan fingerprint density at radius 1 is 1.33 bits per heavy atom. The molecular weight excluding hydrogens is 176 g/mol. The molecule has 0 amide bonds. The zero-order valence-electron chi connectivity index (χ0n) is 5.91. The fourth-order valence-corrected chi connectivity index (χ4v) is 0.687. The lowest BCUT2D eigenvalue weighted by molar-refractivity contribution is 0.911. The molecular formula is C8H13Br. The van der Waals surface area contributed by atoms with Gasteiger partial charge in [-0.2, -0.15) is 0 Å². The predicted octanol–water partition coefficient (Wildman–Crippen LogP) is 3.64. The Balaban J connectivity index is 3.28. The van der Waals surface area contributed by atoms with E-state index in [0.29, 0.717) is 0 Å². The Hall–Kier alpha value is -0.0400. The van der Waals surface area contributed by atoms with Crippen molar-refractivity contribution in [2.45, 2.75) is 26.2 Å². The van der Waals surface area contributed by atoms with E-state index in [2.05, 4.69) is 36.0 Å². The fraction of sp³-hybridized carbons (Fsp3) is 0.500. The summed E-state index contributed by atoms with van der Waals surface area (Å²) in [6.45, 7) is 9.74. The van der Waals surface area contributed by atoms with E-state index in [1.165, 1.54) is 5.57 Å². The number of hydrogen-bond donors (Lipinski definition) is 0. The molecule has 0 aromatic heterocycles. The van der Waals surface area contributed by atoms with Gasteiger partial charge in [0.25, 0.3) is 0 Å². The van der Waals surface area contributed by atoms with E-state index in [4.69, 9.17) is 0 Å². The van der Waals surface area contributed by atoms with Crippen LogP contribution < -0.4 is 0 Å². The smallest absolute Gasteiger partial charge is 0.0118 e. The quantitative estimate of drug-likeness (QED) is 0.592. The summed E-state index contributed by atoms with van der Waals surface area (Å²) >= 11 is 3.30. The molecule has 0 rings (SSSR count). The zero-order valence-corrected chi connectivity index (χ0v) is 7.50. The van der Waals surface area contributed by atoms with Crippen LogP contribution in [0.25, 0.3) is 0 Å². The van der Waals surface area contributed by atoms with Gasteiger partial charge in [0.15, 0.2) is 0 Å². The van der Waals surface area contributed by atoms with Crippen LogP contribution in [0.2, 0.25) is 0 Å². The summed E-state index contributed by atoms with van der Waals surface area (Å²) in [4.78, 5) is 0. The maximum absolute atomic E-state index is 3.88. The summed E-state index contributed by atoms with van der Waals surface area (Å²) in [7, 11) is 0. The van der Waals surface area contributed by atoms with Gasteiger partial charge < -0.3 is 0 Å². The largest absolute Gasteiger partial charge is 0.0999 e. The summed E-state index contributed by atoms with van der Waals surface area (Å²) in [6.07, 6.45) is 3.17. The van der Waals surface area contributed by atoms with Crippen LogP contribution in [0.5, 0.6) is 0 Å². The number of halogens is 1. The summed E-state index contributed by atoms with van der Waals surface area (Å²) in [5, 5.41) is 0. The van der Waals surface area contributed by atoms with Crippen LogP contribution in [0.1, 0.15) is 26.2 Å². The van der Waals surface area contributed by atoms with Crippen molar-refractivity contribution in [2.75, 3.05) is 0 Å². The maximum Gasteiger partial charge on any atom is -0.0118 e. The van der Waals surface area contributed by atoms with E-state index in [-0.39, 0.29) is 0 Å². The number of hydrogen-bond acceptors (Lipinski definition) is 0. The van der Waals surface area contributed by atoms with Gasteiger partial charge in [0.05, 0.1) is 0 Å². The van der Waals surface area contributed by atoms with Crippen LogP contribution in [0, 0.1) is 0 Å². The average molecular weight is 189 g/mol. The van der Waals surface area contributed by atoms with Gasteiger partial charge in [-0.3, -0.25) is 0 Å². The molecule has 0 aromatic carbocycles. The molecule has 0 unspecified atom stereocenters. The molecule has 0 radical (unpaired) electrons. The van der Waals surface area contributed by atoms with Crippen LogP contribution in [0.3, 0.4) is 0 Å². The highest BCUT2D eigenvalue weighted by atomic mass is 79.9. The first-order valence-electron chi connectivity index (χ1n) is 3.16. The van der Waals surface area contributed by atoms with Gasteiger partial charge in [-0.05, 0) is 23.7 Å². The molecule has 0 aliphatic rings. The molecule has 1 heteroatoms. The van der Waals surface area contributed by atoms with Crippen LogP contribution in [-0.4, -0.2) is 0 Å². The lowest BCUT2D eigenvalue weighted by Crippen LogP contribution is -1.77. The minimum absolute atomic E-state index is 1.02. The average Bonchev–Trinajstić information content (AvgIpc) is 1.83. The highest BCUT2D eigenvalue weighted by Gasteiger charge is 1.90. The molecule has 0 bridgehead atoms. The van der Waals surface area contributed by atoms with Crippen molar-refractivity contribution in [2.24, 2.45) is 0 Å². The molecule has 0 aliphatic carbocycles. The first-order valence-corrected chi connectivity index (χ1v) is 3.96. The van der Waals surface area contributed by atoms with Crippen molar-refractivity contribution in [3.63, 3.8) is 0 Å². The van der Waals surface area contributed by atoms with Crippen molar-refractivity contribution in [3.8, 4) is 0 Å². The normalized spacial score (nSPS) is 9.11. The second-order valence-corrected chi connectivity index (χ2v) is 3.24. The minimum atomic E-state index is 1.02. The van der Waals surface area contributed by atoms with E-state index >= 15 is 0 Å². The van der Waals surface area contributed by atoms with Gasteiger partial charge in [0.2, 0.25) is 0 Å².